The number of hydrogen-bond donors (Lipinski definition) is 1. The zero-order valence-electron chi connectivity index (χ0n) is 10.7. The fourth-order valence-corrected chi connectivity index (χ4v) is 2.27. The third kappa shape index (κ3) is 3.14. The van der Waals surface area contributed by atoms with Crippen LogP contribution in [0.1, 0.15) is 15.9 Å². The topological polar surface area (TPSA) is 58.2 Å². The first-order valence-electron chi connectivity index (χ1n) is 5.68. The lowest BCUT2D eigenvalue weighted by Gasteiger charge is -2.16. The summed E-state index contributed by atoms with van der Waals surface area (Å²) >= 11 is 3.37. The van der Waals surface area contributed by atoms with Crippen LogP contribution in [0.2, 0.25) is 0 Å². The number of nitrogens with one attached hydrogen (secondary N) is 1. The van der Waals surface area contributed by atoms with Gasteiger partial charge < -0.3 is 9.64 Å². The van der Waals surface area contributed by atoms with Crippen LogP contribution in [0.25, 0.3) is 0 Å². The third-order valence-electron chi connectivity index (χ3n) is 2.72. The molecule has 0 radical (unpaired) electrons. The normalized spacial score (nSPS) is 10.3. The van der Waals surface area contributed by atoms with E-state index >= 15 is 0 Å². The van der Waals surface area contributed by atoms with Crippen molar-refractivity contribution in [2.75, 3.05) is 14.2 Å². The highest BCUT2D eigenvalue weighted by atomic mass is 79.9. The molecule has 0 spiro atoms. The Morgan fingerprint density at radius 2 is 2.32 bits per heavy atom. The van der Waals surface area contributed by atoms with Gasteiger partial charge in [-0.05, 0) is 34.1 Å². The van der Waals surface area contributed by atoms with E-state index in [9.17, 15) is 4.79 Å². The van der Waals surface area contributed by atoms with Crippen molar-refractivity contribution in [1.82, 2.24) is 15.1 Å². The van der Waals surface area contributed by atoms with E-state index in [1.807, 2.05) is 0 Å². The highest BCUT2D eigenvalue weighted by Gasteiger charge is 2.14. The summed E-state index contributed by atoms with van der Waals surface area (Å²) in [5.41, 5.74) is 1.57. The van der Waals surface area contributed by atoms with Gasteiger partial charge in [-0.25, -0.2) is 0 Å². The second-order valence-corrected chi connectivity index (χ2v) is 4.97. The number of ether oxygens (including phenoxy) is 1. The van der Waals surface area contributed by atoms with E-state index in [1.165, 1.54) is 0 Å². The number of rotatable bonds is 4. The van der Waals surface area contributed by atoms with Crippen molar-refractivity contribution in [1.29, 1.82) is 0 Å². The monoisotopic (exact) mass is 323 g/mol. The number of benzene rings is 1. The molecule has 0 saturated heterocycles. The summed E-state index contributed by atoms with van der Waals surface area (Å²) in [5, 5.41) is 6.58. The Morgan fingerprint density at radius 1 is 1.53 bits per heavy atom. The maximum atomic E-state index is 12.3. The molecule has 0 unspecified atom stereocenters. The van der Waals surface area contributed by atoms with Crippen LogP contribution in [0.3, 0.4) is 0 Å². The van der Waals surface area contributed by atoms with Crippen molar-refractivity contribution in [2.24, 2.45) is 0 Å². The zero-order chi connectivity index (χ0) is 13.8. The number of amides is 1. The summed E-state index contributed by atoms with van der Waals surface area (Å²) in [4.78, 5) is 13.9. The first kappa shape index (κ1) is 13.6. The van der Waals surface area contributed by atoms with Crippen LogP contribution < -0.4 is 4.74 Å². The summed E-state index contributed by atoms with van der Waals surface area (Å²) in [5.74, 6) is 0.651. The first-order valence-corrected chi connectivity index (χ1v) is 6.47. The molecule has 0 aliphatic heterocycles. The molecule has 1 heterocycles. The minimum atomic E-state index is -0.0513. The van der Waals surface area contributed by atoms with Crippen LogP contribution in [-0.4, -0.2) is 35.2 Å². The summed E-state index contributed by atoms with van der Waals surface area (Å²) in [6.07, 6.45) is 3.47. The average molecular weight is 324 g/mol. The van der Waals surface area contributed by atoms with Crippen molar-refractivity contribution in [2.45, 2.75) is 6.54 Å². The van der Waals surface area contributed by atoms with E-state index in [1.54, 1.807) is 49.7 Å². The number of carbonyl (C=O) groups excluding carboxylic acids is 1. The Morgan fingerprint density at radius 3 is 2.89 bits per heavy atom. The van der Waals surface area contributed by atoms with Crippen molar-refractivity contribution in [3.8, 4) is 5.75 Å². The number of halogens is 1. The molecule has 1 aromatic carbocycles. The summed E-state index contributed by atoms with van der Waals surface area (Å²) in [6, 6.07) is 5.27. The molecular weight excluding hydrogens is 310 g/mol. The molecule has 5 nitrogen and oxygen atoms in total. The Balaban J connectivity index is 2.12. The zero-order valence-corrected chi connectivity index (χ0v) is 12.3. The molecule has 0 bridgehead atoms. The smallest absolute Gasteiger partial charge is 0.253 e. The van der Waals surface area contributed by atoms with Gasteiger partial charge in [-0.2, -0.15) is 5.10 Å². The average Bonchev–Trinajstić information content (AvgIpc) is 2.90. The van der Waals surface area contributed by atoms with E-state index < -0.39 is 0 Å². The number of aromatic amines is 1. The van der Waals surface area contributed by atoms with Gasteiger partial charge in [0.15, 0.2) is 0 Å². The van der Waals surface area contributed by atoms with Crippen LogP contribution in [-0.2, 0) is 6.54 Å². The Bertz CT molecular complexity index is 569. The minimum Gasteiger partial charge on any atom is -0.496 e. The Kier molecular flexibility index (Phi) is 4.21. The number of aromatic nitrogens is 2. The SMILES string of the molecule is COc1ccc(C(=O)N(C)Cc2cn[nH]c2)cc1Br. The molecule has 0 aliphatic carbocycles. The van der Waals surface area contributed by atoms with Gasteiger partial charge in [-0.15, -0.1) is 0 Å². The van der Waals surface area contributed by atoms with Crippen molar-refractivity contribution in [3.63, 3.8) is 0 Å². The van der Waals surface area contributed by atoms with Gasteiger partial charge in [0.05, 0.1) is 17.8 Å². The van der Waals surface area contributed by atoms with Crippen LogP contribution in [0.15, 0.2) is 35.1 Å². The molecule has 1 amide bonds. The predicted octanol–water partition coefficient (Wildman–Crippen LogP) is 2.45. The van der Waals surface area contributed by atoms with E-state index in [2.05, 4.69) is 26.1 Å². The van der Waals surface area contributed by atoms with Gasteiger partial charge in [0.2, 0.25) is 0 Å². The number of carbonyl (C=O) groups is 1. The van der Waals surface area contributed by atoms with Crippen LogP contribution in [0.5, 0.6) is 5.75 Å². The molecule has 0 fully saturated rings. The van der Waals surface area contributed by atoms with Crippen LogP contribution in [0, 0.1) is 0 Å². The van der Waals surface area contributed by atoms with Gasteiger partial charge >= 0.3 is 0 Å². The van der Waals surface area contributed by atoms with Gasteiger partial charge in [-0.1, -0.05) is 0 Å². The van der Waals surface area contributed by atoms with Gasteiger partial charge in [0, 0.05) is 30.9 Å². The second kappa shape index (κ2) is 5.88. The van der Waals surface area contributed by atoms with Gasteiger partial charge in [0.1, 0.15) is 5.75 Å². The molecule has 1 N–H and O–H groups in total. The molecular formula is C13H14BrN3O2. The van der Waals surface area contributed by atoms with E-state index in [0.29, 0.717) is 17.9 Å². The molecule has 0 atom stereocenters. The molecule has 2 rings (SSSR count). The van der Waals surface area contributed by atoms with Crippen molar-refractivity contribution in [3.05, 3.63) is 46.2 Å². The summed E-state index contributed by atoms with van der Waals surface area (Å²) < 4.78 is 5.90. The first-order chi connectivity index (χ1) is 9.11. The lowest BCUT2D eigenvalue weighted by molar-refractivity contribution is 0.0785. The Hall–Kier alpha value is -1.82. The minimum absolute atomic E-state index is 0.0513. The van der Waals surface area contributed by atoms with Gasteiger partial charge in [0.25, 0.3) is 5.91 Å². The fourth-order valence-electron chi connectivity index (χ4n) is 1.73. The van der Waals surface area contributed by atoms with E-state index in [4.69, 9.17) is 4.74 Å². The molecule has 1 aromatic heterocycles. The number of H-pyrrole nitrogens is 1. The maximum absolute atomic E-state index is 12.3. The Labute approximate surface area is 119 Å². The number of hydrogen-bond acceptors (Lipinski definition) is 3. The molecule has 2 aromatic rings. The largest absolute Gasteiger partial charge is 0.496 e. The predicted molar refractivity (Wildman–Crippen MR) is 75.1 cm³/mol. The van der Waals surface area contributed by atoms with Crippen molar-refractivity contribution < 1.29 is 9.53 Å². The number of methoxy groups -OCH3 is 1. The van der Waals surface area contributed by atoms with Gasteiger partial charge in [-0.3, -0.25) is 9.89 Å². The van der Waals surface area contributed by atoms with Crippen LogP contribution >= 0.6 is 15.9 Å². The molecule has 6 heteroatoms. The molecule has 0 saturated carbocycles. The lowest BCUT2D eigenvalue weighted by Crippen LogP contribution is -2.26. The number of nitrogens with zero attached hydrogens (tertiary/aromatic N) is 2. The van der Waals surface area contributed by atoms with Crippen molar-refractivity contribution >= 4 is 21.8 Å². The van der Waals surface area contributed by atoms with Crippen LogP contribution in [0.4, 0.5) is 0 Å². The molecule has 100 valence electrons. The van der Waals surface area contributed by atoms with E-state index in [-0.39, 0.29) is 5.91 Å². The van der Waals surface area contributed by atoms with E-state index in [0.717, 1.165) is 10.0 Å². The summed E-state index contributed by atoms with van der Waals surface area (Å²) in [7, 11) is 3.35. The lowest BCUT2D eigenvalue weighted by atomic mass is 10.2. The summed E-state index contributed by atoms with van der Waals surface area (Å²) in [6.45, 7) is 0.513. The maximum Gasteiger partial charge on any atom is 0.253 e. The highest BCUT2D eigenvalue weighted by molar-refractivity contribution is 9.10. The standard InChI is InChI=1S/C13H14BrN3O2/c1-17(8-9-6-15-16-7-9)13(18)10-3-4-12(19-2)11(14)5-10/h3-7H,8H2,1-2H3,(H,15,16). The molecule has 0 aliphatic rings. The fraction of sp³-hybridized carbons (Fsp3) is 0.231. The third-order valence-corrected chi connectivity index (χ3v) is 3.34. The second-order valence-electron chi connectivity index (χ2n) is 4.12. The highest BCUT2D eigenvalue weighted by Crippen LogP contribution is 2.26. The quantitative estimate of drug-likeness (QED) is 0.940. The molecule has 19 heavy (non-hydrogen) atoms.